The molecule has 0 rings (SSSR count). The molecule has 0 fully saturated rings. The number of quaternary nitrogens is 1. The van der Waals surface area contributed by atoms with Crippen molar-refractivity contribution in [3.63, 3.8) is 0 Å². The highest BCUT2D eigenvalue weighted by Gasteiger charge is 2.24. The van der Waals surface area contributed by atoms with E-state index in [0.717, 1.165) is 0 Å². The zero-order valence-electron chi connectivity index (χ0n) is 17.0. The first-order valence-corrected chi connectivity index (χ1v) is 10.1. The Labute approximate surface area is 155 Å². The number of carbonyl (C=O) groups is 2. The Morgan fingerprint density at radius 1 is 0.720 bits per heavy atom. The summed E-state index contributed by atoms with van der Waals surface area (Å²) in [5, 5.41) is 17.4. The first-order chi connectivity index (χ1) is 11.9. The van der Waals surface area contributed by atoms with Crippen LogP contribution in [0.1, 0.15) is 91.9 Å². The fourth-order valence-corrected chi connectivity index (χ4v) is 2.85. The summed E-state index contributed by atoms with van der Waals surface area (Å²) < 4.78 is 1.42. The first-order valence-electron chi connectivity index (χ1n) is 10.1. The summed E-state index contributed by atoms with van der Waals surface area (Å²) in [4.78, 5) is 19.1. The van der Waals surface area contributed by atoms with Gasteiger partial charge in [-0.1, -0.05) is 53.4 Å². The van der Waals surface area contributed by atoms with Gasteiger partial charge in [0.2, 0.25) is 0 Å². The quantitative estimate of drug-likeness (QED) is 0.453. The largest absolute Gasteiger partial charge is 0.550 e. The minimum atomic E-state index is -1.33. The molecule has 0 aromatic carbocycles. The van der Waals surface area contributed by atoms with E-state index in [1.54, 1.807) is 0 Å². The lowest BCUT2D eigenvalue weighted by Gasteiger charge is -2.39. The lowest BCUT2D eigenvalue weighted by molar-refractivity contribution is -0.929. The Bertz CT molecular complexity index is 280. The van der Waals surface area contributed by atoms with E-state index in [9.17, 15) is 14.7 Å². The number of rotatable bonds is 15. The van der Waals surface area contributed by atoms with Crippen molar-refractivity contribution in [1.82, 2.24) is 0 Å². The van der Waals surface area contributed by atoms with Crippen molar-refractivity contribution in [2.75, 3.05) is 26.2 Å². The molecule has 0 aliphatic rings. The highest BCUT2D eigenvalue weighted by molar-refractivity contribution is 5.74. The van der Waals surface area contributed by atoms with Gasteiger partial charge in [-0.15, -0.1) is 0 Å². The molecule has 5 nitrogen and oxygen atoms in total. The number of unbranched alkanes of at least 4 members (excludes halogenated alkanes) is 4. The summed E-state index contributed by atoms with van der Waals surface area (Å²) in [6.07, 6.45) is 10.3. The number of carboxylic acid groups (broad SMARTS) is 2. The zero-order valence-corrected chi connectivity index (χ0v) is 17.0. The van der Waals surface area contributed by atoms with Gasteiger partial charge in [-0.3, -0.25) is 4.79 Å². The SMILES string of the molecule is CCCC[N+](CCCC)(CCCC)CCCC.O=C([O-])CCC(=O)O. The maximum atomic E-state index is 9.61. The minimum absolute atomic E-state index is 0.359. The van der Waals surface area contributed by atoms with Crippen LogP contribution in [0.2, 0.25) is 0 Å². The molecular weight excluding hydrogens is 318 g/mol. The Morgan fingerprint density at radius 2 is 1.04 bits per heavy atom. The van der Waals surface area contributed by atoms with Gasteiger partial charge >= 0.3 is 5.97 Å². The summed E-state index contributed by atoms with van der Waals surface area (Å²) in [6.45, 7) is 15.0. The van der Waals surface area contributed by atoms with Gasteiger partial charge in [-0.25, -0.2) is 0 Å². The van der Waals surface area contributed by atoms with Crippen LogP contribution >= 0.6 is 0 Å². The van der Waals surface area contributed by atoms with E-state index in [0.29, 0.717) is 0 Å². The molecular formula is C20H41NO4. The summed E-state index contributed by atoms with van der Waals surface area (Å²) in [5.41, 5.74) is 0. The van der Waals surface area contributed by atoms with Gasteiger partial charge in [-0.05, 0) is 32.1 Å². The average Bonchev–Trinajstić information content (AvgIpc) is 2.59. The normalized spacial score (nSPS) is 10.9. The van der Waals surface area contributed by atoms with E-state index in [4.69, 9.17) is 5.11 Å². The van der Waals surface area contributed by atoms with E-state index >= 15 is 0 Å². The number of aliphatic carboxylic acids is 2. The molecule has 0 aromatic rings. The minimum Gasteiger partial charge on any atom is -0.550 e. The third-order valence-electron chi connectivity index (χ3n) is 4.49. The molecule has 0 spiro atoms. The summed E-state index contributed by atoms with van der Waals surface area (Å²) in [6, 6.07) is 0. The Hall–Kier alpha value is -1.10. The Balaban J connectivity index is 0. The summed E-state index contributed by atoms with van der Waals surface area (Å²) in [7, 11) is 0. The third kappa shape index (κ3) is 17.5. The maximum Gasteiger partial charge on any atom is 0.303 e. The molecule has 0 amide bonds. The first kappa shape index (κ1) is 26.1. The van der Waals surface area contributed by atoms with Crippen molar-refractivity contribution in [3.05, 3.63) is 0 Å². The maximum absolute atomic E-state index is 9.61. The third-order valence-corrected chi connectivity index (χ3v) is 4.49. The van der Waals surface area contributed by atoms with Gasteiger partial charge in [0.15, 0.2) is 0 Å². The molecule has 0 atom stereocenters. The highest BCUT2D eigenvalue weighted by Crippen LogP contribution is 2.16. The van der Waals surface area contributed by atoms with E-state index in [-0.39, 0.29) is 6.42 Å². The molecule has 0 aliphatic heterocycles. The summed E-state index contributed by atoms with van der Waals surface area (Å²) in [5.74, 6) is -2.44. The van der Waals surface area contributed by atoms with Gasteiger partial charge in [-0.2, -0.15) is 0 Å². The topological polar surface area (TPSA) is 77.4 Å². The van der Waals surface area contributed by atoms with Gasteiger partial charge in [0, 0.05) is 5.97 Å². The van der Waals surface area contributed by atoms with Gasteiger partial charge < -0.3 is 19.5 Å². The molecule has 0 radical (unpaired) electrons. The van der Waals surface area contributed by atoms with Crippen LogP contribution in [0.5, 0.6) is 0 Å². The van der Waals surface area contributed by atoms with E-state index < -0.39 is 18.4 Å². The van der Waals surface area contributed by atoms with Crippen molar-refractivity contribution in [2.24, 2.45) is 0 Å². The fourth-order valence-electron chi connectivity index (χ4n) is 2.85. The monoisotopic (exact) mass is 359 g/mol. The van der Waals surface area contributed by atoms with Crippen LogP contribution in [0.25, 0.3) is 0 Å². The van der Waals surface area contributed by atoms with Crippen LogP contribution in [-0.4, -0.2) is 47.7 Å². The number of carboxylic acids is 2. The molecule has 5 heteroatoms. The molecule has 0 heterocycles. The van der Waals surface area contributed by atoms with E-state index in [1.807, 2.05) is 0 Å². The van der Waals surface area contributed by atoms with Crippen LogP contribution < -0.4 is 5.11 Å². The summed E-state index contributed by atoms with van der Waals surface area (Å²) >= 11 is 0. The van der Waals surface area contributed by atoms with E-state index in [1.165, 1.54) is 82.0 Å². The number of nitrogens with zero attached hydrogens (tertiary/aromatic N) is 1. The van der Waals surface area contributed by atoms with Gasteiger partial charge in [0.25, 0.3) is 0 Å². The van der Waals surface area contributed by atoms with E-state index in [2.05, 4.69) is 27.7 Å². The van der Waals surface area contributed by atoms with Crippen LogP contribution in [-0.2, 0) is 9.59 Å². The number of hydrogen-bond acceptors (Lipinski definition) is 3. The van der Waals surface area contributed by atoms with Crippen molar-refractivity contribution in [3.8, 4) is 0 Å². The van der Waals surface area contributed by atoms with Crippen LogP contribution in [0.4, 0.5) is 0 Å². The fraction of sp³-hybridized carbons (Fsp3) is 0.900. The van der Waals surface area contributed by atoms with Crippen molar-refractivity contribution >= 4 is 11.9 Å². The van der Waals surface area contributed by atoms with Gasteiger partial charge in [0.05, 0.1) is 32.6 Å². The molecule has 0 bridgehead atoms. The molecule has 0 unspecified atom stereocenters. The van der Waals surface area contributed by atoms with Crippen LogP contribution in [0, 0.1) is 0 Å². The predicted molar refractivity (Wildman–Crippen MR) is 101 cm³/mol. The van der Waals surface area contributed by atoms with Gasteiger partial charge in [0.1, 0.15) is 0 Å². The predicted octanol–water partition coefficient (Wildman–Crippen LogP) is 3.60. The van der Waals surface area contributed by atoms with Crippen molar-refractivity contribution in [2.45, 2.75) is 91.9 Å². The number of carbonyl (C=O) groups excluding carboxylic acids is 1. The molecule has 0 saturated carbocycles. The molecule has 0 aliphatic carbocycles. The number of hydrogen-bond donors (Lipinski definition) is 1. The Morgan fingerprint density at radius 3 is 1.20 bits per heavy atom. The second-order valence-electron chi connectivity index (χ2n) is 6.92. The highest BCUT2D eigenvalue weighted by atomic mass is 16.4. The zero-order chi connectivity index (χ0) is 19.6. The molecule has 25 heavy (non-hydrogen) atoms. The second-order valence-corrected chi connectivity index (χ2v) is 6.92. The second kappa shape index (κ2) is 17.7. The lowest BCUT2D eigenvalue weighted by Crippen LogP contribution is -2.50. The average molecular weight is 360 g/mol. The molecule has 150 valence electrons. The smallest absolute Gasteiger partial charge is 0.303 e. The van der Waals surface area contributed by atoms with Crippen LogP contribution in [0.15, 0.2) is 0 Å². The standard InChI is InChI=1S/C16H36N.C4H6O4/c1-5-9-13-17(14-10-6-2,15-11-7-3)16-12-8-4;5-3(6)1-2-4(7)8/h5-16H2,1-4H3;1-2H2,(H,5,6)(H,7,8)/q+1;/p-1. The van der Waals surface area contributed by atoms with Crippen molar-refractivity contribution < 1.29 is 24.3 Å². The molecule has 0 saturated heterocycles. The molecule has 1 N–H and O–H groups in total. The van der Waals surface area contributed by atoms with Crippen molar-refractivity contribution in [1.29, 1.82) is 0 Å². The lowest BCUT2D eigenvalue weighted by atomic mass is 10.1. The van der Waals surface area contributed by atoms with Crippen LogP contribution in [0.3, 0.4) is 0 Å². The molecule has 0 aromatic heterocycles. The Kier molecular flexibility index (Phi) is 18.5.